The van der Waals surface area contributed by atoms with Crippen LogP contribution in [-0.4, -0.2) is 25.8 Å². The standard InChI is InChI=1S/2C22H14O3/c2*1-24-16-11-5-9-14-18(16)20-19-15(21(14)23)10-6-12-17(19)25-22(20)13-7-3-2-4-8-13/h2*2-12H,1H3. The fraction of sp³-hybridized carbons (Fsp3) is 0.0455. The van der Waals surface area contributed by atoms with Crippen molar-refractivity contribution in [3.63, 3.8) is 0 Å². The maximum atomic E-state index is 13.0. The molecule has 0 saturated carbocycles. The van der Waals surface area contributed by atoms with Crippen LogP contribution in [-0.2, 0) is 0 Å². The molecule has 6 heteroatoms. The van der Waals surface area contributed by atoms with Gasteiger partial charge in [0.2, 0.25) is 0 Å². The van der Waals surface area contributed by atoms with E-state index >= 15 is 0 Å². The molecular formula is C44H28O6. The normalized spacial score (nSPS) is 12.3. The fourth-order valence-corrected chi connectivity index (χ4v) is 7.33. The molecule has 0 aliphatic heterocycles. The predicted molar refractivity (Wildman–Crippen MR) is 194 cm³/mol. The van der Waals surface area contributed by atoms with Crippen LogP contribution in [0, 0.1) is 0 Å². The Bertz CT molecular complexity index is 2460. The van der Waals surface area contributed by atoms with Gasteiger partial charge in [-0.3, -0.25) is 9.59 Å². The molecule has 0 N–H and O–H groups in total. The highest BCUT2D eigenvalue weighted by atomic mass is 16.5. The molecule has 0 spiro atoms. The van der Waals surface area contributed by atoms with E-state index in [4.69, 9.17) is 18.3 Å². The van der Waals surface area contributed by atoms with Gasteiger partial charge in [0.25, 0.3) is 0 Å². The van der Waals surface area contributed by atoms with Gasteiger partial charge in [0.1, 0.15) is 34.2 Å². The Labute approximate surface area is 287 Å². The van der Waals surface area contributed by atoms with Crippen molar-refractivity contribution in [1.29, 1.82) is 0 Å². The van der Waals surface area contributed by atoms with E-state index in [1.807, 2.05) is 133 Å². The highest BCUT2D eigenvalue weighted by Gasteiger charge is 2.34. The lowest BCUT2D eigenvalue weighted by Gasteiger charge is -2.18. The summed E-state index contributed by atoms with van der Waals surface area (Å²) < 4.78 is 23.5. The highest BCUT2D eigenvalue weighted by Crippen LogP contribution is 2.51. The molecule has 0 atom stereocenters. The monoisotopic (exact) mass is 652 g/mol. The van der Waals surface area contributed by atoms with Gasteiger partial charge in [0, 0.05) is 66.4 Å². The molecule has 6 aromatic carbocycles. The Hall–Kier alpha value is -6.66. The number of carbonyl (C=O) groups excluding carboxylic acids is 2. The maximum Gasteiger partial charge on any atom is 0.194 e. The van der Waals surface area contributed by atoms with E-state index in [-0.39, 0.29) is 11.6 Å². The molecule has 2 aromatic heterocycles. The van der Waals surface area contributed by atoms with Crippen molar-refractivity contribution in [3.8, 4) is 56.4 Å². The predicted octanol–water partition coefficient (Wildman–Crippen LogP) is 10.6. The topological polar surface area (TPSA) is 78.9 Å². The first-order valence-electron chi connectivity index (χ1n) is 16.2. The minimum Gasteiger partial charge on any atom is -0.496 e. The molecule has 6 nitrogen and oxygen atoms in total. The van der Waals surface area contributed by atoms with Crippen LogP contribution in [0.15, 0.2) is 142 Å². The third-order valence-corrected chi connectivity index (χ3v) is 9.47. The van der Waals surface area contributed by atoms with Crippen LogP contribution in [0.1, 0.15) is 31.8 Å². The quantitative estimate of drug-likeness (QED) is 0.188. The second kappa shape index (κ2) is 11.5. The SMILES string of the molecule is COc1cccc2c1-c1c(-c3ccccc3)oc3cccc(c13)C2=O.COc1cccc2c1-c1c(-c3ccccc3)oc3cccc(c13)C2=O. The summed E-state index contributed by atoms with van der Waals surface area (Å²) >= 11 is 0. The lowest BCUT2D eigenvalue weighted by molar-refractivity contribution is 0.103. The first-order chi connectivity index (χ1) is 24.6. The van der Waals surface area contributed by atoms with E-state index in [2.05, 4.69) is 0 Å². The number of hydrogen-bond donors (Lipinski definition) is 0. The number of hydrogen-bond acceptors (Lipinski definition) is 6. The van der Waals surface area contributed by atoms with Crippen LogP contribution in [0.5, 0.6) is 11.5 Å². The zero-order valence-corrected chi connectivity index (χ0v) is 27.2. The second-order valence-electron chi connectivity index (χ2n) is 12.1. The summed E-state index contributed by atoms with van der Waals surface area (Å²) in [6, 6.07) is 42.3. The molecule has 0 amide bonds. The molecule has 2 aliphatic carbocycles. The summed E-state index contributed by atoms with van der Waals surface area (Å²) in [4.78, 5) is 26.0. The number of ketones is 2. The summed E-state index contributed by atoms with van der Waals surface area (Å²) in [5, 5.41) is 1.73. The van der Waals surface area contributed by atoms with Crippen molar-refractivity contribution < 1.29 is 27.9 Å². The molecule has 2 aliphatic rings. The van der Waals surface area contributed by atoms with Crippen LogP contribution in [0.2, 0.25) is 0 Å². The molecule has 0 radical (unpaired) electrons. The van der Waals surface area contributed by atoms with Gasteiger partial charge in [0.05, 0.1) is 14.2 Å². The summed E-state index contributed by atoms with van der Waals surface area (Å²) in [7, 11) is 3.25. The summed E-state index contributed by atoms with van der Waals surface area (Å²) in [6.07, 6.45) is 0. The summed E-state index contributed by atoms with van der Waals surface area (Å²) in [5.41, 5.74) is 9.55. The molecule has 0 fully saturated rings. The van der Waals surface area contributed by atoms with Gasteiger partial charge in [-0.25, -0.2) is 0 Å². The Balaban J connectivity index is 0.000000135. The number of methoxy groups -OCH3 is 2. The van der Waals surface area contributed by atoms with Gasteiger partial charge in [-0.2, -0.15) is 0 Å². The molecule has 0 bridgehead atoms. The minimum atomic E-state index is 0.00686. The Kier molecular flexibility index (Phi) is 6.78. The van der Waals surface area contributed by atoms with Crippen molar-refractivity contribution in [2.75, 3.05) is 14.2 Å². The third-order valence-electron chi connectivity index (χ3n) is 9.47. The van der Waals surface area contributed by atoms with Crippen LogP contribution in [0.3, 0.4) is 0 Å². The second-order valence-corrected chi connectivity index (χ2v) is 12.1. The van der Waals surface area contributed by atoms with Crippen LogP contribution < -0.4 is 9.47 Å². The Morgan fingerprint density at radius 2 is 0.780 bits per heavy atom. The maximum absolute atomic E-state index is 13.0. The molecule has 240 valence electrons. The molecule has 50 heavy (non-hydrogen) atoms. The number of rotatable bonds is 4. The zero-order chi connectivity index (χ0) is 33.9. The van der Waals surface area contributed by atoms with Crippen molar-refractivity contribution in [1.82, 2.24) is 0 Å². The molecule has 2 heterocycles. The van der Waals surface area contributed by atoms with E-state index in [0.29, 0.717) is 33.8 Å². The van der Waals surface area contributed by atoms with Crippen LogP contribution in [0.4, 0.5) is 0 Å². The number of benzene rings is 6. The number of carbonyl (C=O) groups is 2. The summed E-state index contributed by atoms with van der Waals surface area (Å²) in [6.45, 7) is 0. The van der Waals surface area contributed by atoms with Gasteiger partial charge in [-0.15, -0.1) is 0 Å². The zero-order valence-electron chi connectivity index (χ0n) is 27.2. The lowest BCUT2D eigenvalue weighted by atomic mass is 9.83. The minimum absolute atomic E-state index is 0.00686. The van der Waals surface area contributed by atoms with E-state index in [9.17, 15) is 9.59 Å². The van der Waals surface area contributed by atoms with Crippen molar-refractivity contribution >= 4 is 33.5 Å². The van der Waals surface area contributed by atoms with E-state index in [1.165, 1.54) is 0 Å². The van der Waals surface area contributed by atoms with Gasteiger partial charge < -0.3 is 18.3 Å². The van der Waals surface area contributed by atoms with Crippen LogP contribution in [0.25, 0.3) is 66.8 Å². The average Bonchev–Trinajstić information content (AvgIpc) is 3.77. The van der Waals surface area contributed by atoms with E-state index in [0.717, 1.165) is 66.8 Å². The number of furan rings is 2. The third kappa shape index (κ3) is 4.28. The number of fused-ring (bicyclic) bond motifs is 4. The first-order valence-corrected chi connectivity index (χ1v) is 16.2. The van der Waals surface area contributed by atoms with Gasteiger partial charge in [0.15, 0.2) is 11.6 Å². The summed E-state index contributed by atoms with van der Waals surface area (Å²) in [5.74, 6) is 2.91. The van der Waals surface area contributed by atoms with E-state index < -0.39 is 0 Å². The Morgan fingerprint density at radius 3 is 1.18 bits per heavy atom. The van der Waals surface area contributed by atoms with E-state index in [1.54, 1.807) is 14.2 Å². The molecule has 0 saturated heterocycles. The number of ether oxygens (including phenoxy) is 2. The van der Waals surface area contributed by atoms with Crippen molar-refractivity contribution in [2.45, 2.75) is 0 Å². The largest absolute Gasteiger partial charge is 0.496 e. The highest BCUT2D eigenvalue weighted by molar-refractivity contribution is 6.29. The fourth-order valence-electron chi connectivity index (χ4n) is 7.33. The molecule has 10 rings (SSSR count). The Morgan fingerprint density at radius 1 is 0.400 bits per heavy atom. The van der Waals surface area contributed by atoms with Crippen LogP contribution >= 0.6 is 0 Å². The van der Waals surface area contributed by atoms with Crippen molar-refractivity contribution in [2.24, 2.45) is 0 Å². The average molecular weight is 653 g/mol. The lowest BCUT2D eigenvalue weighted by Crippen LogP contribution is -2.09. The smallest absolute Gasteiger partial charge is 0.194 e. The molecule has 0 unspecified atom stereocenters. The van der Waals surface area contributed by atoms with Gasteiger partial charge in [-0.1, -0.05) is 109 Å². The molecular weight excluding hydrogens is 624 g/mol. The van der Waals surface area contributed by atoms with Crippen molar-refractivity contribution in [3.05, 3.63) is 156 Å². The van der Waals surface area contributed by atoms with Gasteiger partial charge in [-0.05, 0) is 24.3 Å². The first kappa shape index (κ1) is 29.5. The van der Waals surface area contributed by atoms with Gasteiger partial charge >= 0.3 is 0 Å². The molecule has 8 aromatic rings.